The third kappa shape index (κ3) is 9.11. The zero-order valence-corrected chi connectivity index (χ0v) is 30.5. The van der Waals surface area contributed by atoms with E-state index in [1.807, 2.05) is 59.5 Å². The molecule has 2 aromatic heterocycles. The number of aliphatic hydroxyl groups is 1. The first-order valence-corrected chi connectivity index (χ1v) is 17.5. The number of carbonyl (C=O) groups excluding carboxylic acids is 1. The summed E-state index contributed by atoms with van der Waals surface area (Å²) in [5, 5.41) is 17.4. The van der Waals surface area contributed by atoms with Crippen LogP contribution in [0.1, 0.15) is 37.3 Å². The quantitative estimate of drug-likeness (QED) is 0.128. The number of methoxy groups -OCH3 is 3. The molecule has 1 unspecified atom stereocenters. The Morgan fingerprint density at radius 3 is 2.42 bits per heavy atom. The van der Waals surface area contributed by atoms with Crippen LogP contribution in [0.2, 0.25) is 10.0 Å². The highest BCUT2D eigenvalue weighted by Crippen LogP contribution is 2.42. The van der Waals surface area contributed by atoms with Gasteiger partial charge in [-0.3, -0.25) is 9.78 Å². The van der Waals surface area contributed by atoms with E-state index in [-0.39, 0.29) is 5.91 Å². The summed E-state index contributed by atoms with van der Waals surface area (Å²) in [7, 11) is 4.85. The number of likely N-dealkylation sites (tertiary alicyclic amines) is 1. The molecule has 5 rings (SSSR count). The van der Waals surface area contributed by atoms with E-state index in [2.05, 4.69) is 15.6 Å². The zero-order valence-electron chi connectivity index (χ0n) is 29.0. The fourth-order valence-corrected chi connectivity index (χ4v) is 6.76. The van der Waals surface area contributed by atoms with Crippen molar-refractivity contribution >= 4 is 29.1 Å². The first-order valence-electron chi connectivity index (χ1n) is 16.8. The van der Waals surface area contributed by atoms with Crippen LogP contribution in [0.25, 0.3) is 33.6 Å². The van der Waals surface area contributed by atoms with Gasteiger partial charge in [-0.1, -0.05) is 59.6 Å². The number of hydrogen-bond acceptors (Lipinski definition) is 9. The summed E-state index contributed by atoms with van der Waals surface area (Å²) in [5.41, 5.74) is 6.21. The Morgan fingerprint density at radius 2 is 1.70 bits per heavy atom. The maximum atomic E-state index is 12.3. The summed E-state index contributed by atoms with van der Waals surface area (Å²) in [5.74, 6) is 1.36. The van der Waals surface area contributed by atoms with Gasteiger partial charge in [0.05, 0.1) is 54.8 Å². The molecule has 3 N–H and O–H groups in total. The molecule has 1 amide bonds. The topological polar surface area (TPSA) is 118 Å². The van der Waals surface area contributed by atoms with Crippen molar-refractivity contribution in [2.24, 2.45) is 0 Å². The van der Waals surface area contributed by atoms with Crippen LogP contribution < -0.4 is 20.1 Å². The Bertz CT molecular complexity index is 1760. The summed E-state index contributed by atoms with van der Waals surface area (Å²) in [6, 6.07) is 17.7. The molecule has 50 heavy (non-hydrogen) atoms. The van der Waals surface area contributed by atoms with Crippen molar-refractivity contribution in [2.45, 2.75) is 51.4 Å². The number of aliphatic hydroxyl groups excluding tert-OH is 1. The SMILES string of the molecule is COCCC(=O)N1CCC(NCc2ccc(-c3cccc(-c4ccnc(-c5ccc(CNCC(C)O)c(OC)c5)c4Cl)c3Cl)nc2OC)CC1. The van der Waals surface area contributed by atoms with Gasteiger partial charge in [0.1, 0.15) is 5.75 Å². The summed E-state index contributed by atoms with van der Waals surface area (Å²) in [4.78, 5) is 23.7. The van der Waals surface area contributed by atoms with E-state index in [1.54, 1.807) is 34.4 Å². The molecule has 1 atom stereocenters. The Labute approximate surface area is 304 Å². The highest BCUT2D eigenvalue weighted by Gasteiger charge is 2.23. The number of nitrogens with one attached hydrogen (secondary N) is 2. The van der Waals surface area contributed by atoms with Gasteiger partial charge in [0.15, 0.2) is 0 Å². The van der Waals surface area contributed by atoms with Crippen LogP contribution in [-0.2, 0) is 22.6 Å². The minimum atomic E-state index is -0.443. The molecule has 0 spiro atoms. The van der Waals surface area contributed by atoms with E-state index in [0.29, 0.717) is 71.8 Å². The van der Waals surface area contributed by atoms with Crippen molar-refractivity contribution in [3.63, 3.8) is 0 Å². The first kappa shape index (κ1) is 37.5. The van der Waals surface area contributed by atoms with E-state index >= 15 is 0 Å². The molecule has 12 heteroatoms. The molecular formula is C38H45Cl2N5O5. The number of amides is 1. The van der Waals surface area contributed by atoms with E-state index in [9.17, 15) is 9.90 Å². The van der Waals surface area contributed by atoms with Gasteiger partial charge in [0.2, 0.25) is 11.8 Å². The molecule has 3 heterocycles. The van der Waals surface area contributed by atoms with Crippen molar-refractivity contribution in [3.05, 3.63) is 82.0 Å². The number of nitrogens with zero attached hydrogens (tertiary/aromatic N) is 3. The molecule has 1 fully saturated rings. The average molecular weight is 723 g/mol. The van der Waals surface area contributed by atoms with Crippen molar-refractivity contribution in [1.82, 2.24) is 25.5 Å². The Morgan fingerprint density at radius 1 is 0.960 bits per heavy atom. The Balaban J connectivity index is 1.32. The van der Waals surface area contributed by atoms with Crippen LogP contribution in [0.3, 0.4) is 0 Å². The average Bonchev–Trinajstić information content (AvgIpc) is 3.13. The molecule has 266 valence electrons. The fourth-order valence-electron chi connectivity index (χ4n) is 6.11. The number of piperidine rings is 1. The van der Waals surface area contributed by atoms with Gasteiger partial charge < -0.3 is 34.9 Å². The summed E-state index contributed by atoms with van der Waals surface area (Å²) >= 11 is 14.1. The van der Waals surface area contributed by atoms with Crippen molar-refractivity contribution in [1.29, 1.82) is 0 Å². The van der Waals surface area contributed by atoms with Crippen LogP contribution in [0.5, 0.6) is 11.6 Å². The number of aromatic nitrogens is 2. The predicted molar refractivity (Wildman–Crippen MR) is 198 cm³/mol. The number of rotatable bonds is 15. The van der Waals surface area contributed by atoms with Crippen molar-refractivity contribution in [2.75, 3.05) is 47.6 Å². The van der Waals surface area contributed by atoms with Gasteiger partial charge in [-0.15, -0.1) is 0 Å². The number of hydrogen-bond donors (Lipinski definition) is 3. The van der Waals surface area contributed by atoms with Crippen molar-refractivity contribution < 1.29 is 24.1 Å². The number of carbonyl (C=O) groups is 1. The highest BCUT2D eigenvalue weighted by molar-refractivity contribution is 6.39. The summed E-state index contributed by atoms with van der Waals surface area (Å²) in [6.45, 7) is 5.27. The lowest BCUT2D eigenvalue weighted by Gasteiger charge is -2.32. The van der Waals surface area contributed by atoms with Gasteiger partial charge >= 0.3 is 0 Å². The molecule has 2 aromatic carbocycles. The van der Waals surface area contributed by atoms with E-state index in [0.717, 1.165) is 59.3 Å². The lowest BCUT2D eigenvalue weighted by molar-refractivity contribution is -0.133. The van der Waals surface area contributed by atoms with Crippen LogP contribution in [0.15, 0.2) is 60.8 Å². The minimum absolute atomic E-state index is 0.144. The van der Waals surface area contributed by atoms with Crippen LogP contribution >= 0.6 is 23.2 Å². The predicted octanol–water partition coefficient (Wildman–Crippen LogP) is 6.39. The molecule has 1 saturated heterocycles. The third-order valence-electron chi connectivity index (χ3n) is 8.85. The monoisotopic (exact) mass is 721 g/mol. The number of halogens is 2. The molecule has 0 saturated carbocycles. The standard InChI is InChI=1S/C38H45Cl2N5O5/c1-24(46)21-41-22-26-9-8-25(20-33(26)49-3)37-36(40)30(12-16-42-37)29-6-5-7-31(35(29)39)32-11-10-27(38(44-32)50-4)23-43-28-13-17-45(18-14-28)34(47)15-19-48-2/h5-12,16,20,24,28,41,43,46H,13-15,17-19,21-23H2,1-4H3. The zero-order chi connectivity index (χ0) is 35.6. The first-order chi connectivity index (χ1) is 24.2. The van der Waals surface area contributed by atoms with Crippen LogP contribution in [0.4, 0.5) is 0 Å². The van der Waals surface area contributed by atoms with Gasteiger partial charge in [-0.05, 0) is 38.0 Å². The fraction of sp³-hybridized carbons (Fsp3) is 0.395. The molecule has 4 aromatic rings. The van der Waals surface area contributed by atoms with Crippen LogP contribution in [0, 0.1) is 0 Å². The van der Waals surface area contributed by atoms with Crippen molar-refractivity contribution in [3.8, 4) is 45.3 Å². The Hall–Kier alpha value is -3.77. The third-order valence-corrected chi connectivity index (χ3v) is 9.64. The number of ether oxygens (including phenoxy) is 3. The molecular weight excluding hydrogens is 677 g/mol. The van der Waals surface area contributed by atoms with E-state index in [4.69, 9.17) is 42.4 Å². The van der Waals surface area contributed by atoms with Gasteiger partial charge in [-0.25, -0.2) is 4.98 Å². The minimum Gasteiger partial charge on any atom is -0.496 e. The molecule has 10 nitrogen and oxygen atoms in total. The normalized spacial score (nSPS) is 14.1. The van der Waals surface area contributed by atoms with Gasteiger partial charge in [0, 0.05) is 85.5 Å². The molecule has 0 radical (unpaired) electrons. The van der Waals surface area contributed by atoms with Gasteiger partial charge in [-0.2, -0.15) is 0 Å². The smallest absolute Gasteiger partial charge is 0.224 e. The molecule has 0 bridgehead atoms. The van der Waals surface area contributed by atoms with E-state index in [1.165, 1.54) is 0 Å². The summed E-state index contributed by atoms with van der Waals surface area (Å²) in [6.07, 6.45) is 3.46. The second-order valence-corrected chi connectivity index (χ2v) is 13.1. The number of pyridine rings is 2. The second-order valence-electron chi connectivity index (χ2n) is 12.3. The second kappa shape index (κ2) is 17.9. The molecule has 0 aliphatic carbocycles. The summed E-state index contributed by atoms with van der Waals surface area (Å²) < 4.78 is 16.4. The maximum Gasteiger partial charge on any atom is 0.224 e. The highest BCUT2D eigenvalue weighted by atomic mass is 35.5. The maximum absolute atomic E-state index is 12.3. The largest absolute Gasteiger partial charge is 0.496 e. The van der Waals surface area contributed by atoms with Gasteiger partial charge in [0.25, 0.3) is 0 Å². The lowest BCUT2D eigenvalue weighted by atomic mass is 9.99. The lowest BCUT2D eigenvalue weighted by Crippen LogP contribution is -2.44. The molecule has 1 aliphatic rings. The Kier molecular flexibility index (Phi) is 13.4. The molecule has 1 aliphatic heterocycles. The van der Waals surface area contributed by atoms with Crippen LogP contribution in [-0.4, -0.2) is 85.6 Å². The number of benzene rings is 2. The van der Waals surface area contributed by atoms with E-state index < -0.39 is 6.10 Å².